The first kappa shape index (κ1) is 15.0. The second-order valence-electron chi connectivity index (χ2n) is 3.34. The van der Waals surface area contributed by atoms with Crippen molar-refractivity contribution in [1.29, 1.82) is 0 Å². The summed E-state index contributed by atoms with van der Waals surface area (Å²) in [4.78, 5) is 0. The Kier molecular flexibility index (Phi) is 6.91. The fourth-order valence-corrected chi connectivity index (χ4v) is 0.975. The average molecular weight is 252 g/mol. The topological polar surface area (TPSA) is 66.0 Å². The quantitative estimate of drug-likeness (QED) is 0.581. The molecule has 0 aliphatic heterocycles. The fourth-order valence-electron chi connectivity index (χ4n) is 0.975. The van der Waals surface area contributed by atoms with Gasteiger partial charge in [0.25, 0.3) is 0 Å². The molecule has 1 aromatic rings. The molecule has 0 bridgehead atoms. The molecule has 94 valence electrons. The molecule has 0 radical (unpaired) electrons. The summed E-state index contributed by atoms with van der Waals surface area (Å²) in [5.74, 6) is 0. The van der Waals surface area contributed by atoms with Crippen LogP contribution in [0.25, 0.3) is 0 Å². The van der Waals surface area contributed by atoms with Crippen LogP contribution in [0, 0.1) is 0 Å². The molecule has 0 saturated carbocycles. The Morgan fingerprint density at radius 2 is 2.06 bits per heavy atom. The minimum Gasteiger partial charge on any atom is -0.746 e. The molecule has 1 rings (SSSR count). The van der Waals surface area contributed by atoms with Gasteiger partial charge in [0.15, 0.2) is 6.01 Å². The summed E-state index contributed by atoms with van der Waals surface area (Å²) >= 11 is 0. The van der Waals surface area contributed by atoms with Crippen LogP contribution in [0.4, 0.5) is 4.39 Å². The maximum atomic E-state index is 10.6. The number of hydrogen-bond donors (Lipinski definition) is 0. The van der Waals surface area contributed by atoms with E-state index in [2.05, 4.69) is 34.8 Å². The molecule has 0 aliphatic carbocycles. The predicted molar refractivity (Wildman–Crippen MR) is 56.2 cm³/mol. The molecule has 0 amide bonds. The number of nitrogens with zero attached hydrogens (tertiary/aromatic N) is 2. The molecule has 0 aromatic carbocycles. The Morgan fingerprint density at radius 3 is 2.38 bits per heavy atom. The van der Waals surface area contributed by atoms with E-state index in [9.17, 15) is 4.39 Å². The first-order valence-electron chi connectivity index (χ1n) is 4.89. The molecular formula is C9H17FN2O3S. The van der Waals surface area contributed by atoms with E-state index in [0.29, 0.717) is 0 Å². The molecule has 1 aromatic heterocycles. The van der Waals surface area contributed by atoms with Crippen molar-refractivity contribution in [1.82, 2.24) is 4.57 Å². The van der Waals surface area contributed by atoms with Gasteiger partial charge in [0, 0.05) is 0 Å². The third kappa shape index (κ3) is 8.37. The highest BCUT2D eigenvalue weighted by Gasteiger charge is 1.96. The van der Waals surface area contributed by atoms with E-state index in [1.54, 1.807) is 0 Å². The Balaban J connectivity index is 0.000000325. The molecule has 5 nitrogen and oxygen atoms in total. The molecule has 16 heavy (non-hydrogen) atoms. The lowest BCUT2D eigenvalue weighted by Crippen LogP contribution is -2.23. The summed E-state index contributed by atoms with van der Waals surface area (Å²) in [5, 5.41) is 0. The van der Waals surface area contributed by atoms with Gasteiger partial charge in [0.1, 0.15) is 22.5 Å². The lowest BCUT2D eigenvalue weighted by molar-refractivity contribution is -0.671. The van der Waals surface area contributed by atoms with Gasteiger partial charge in [-0.3, -0.25) is 0 Å². The van der Waals surface area contributed by atoms with E-state index in [0.717, 1.165) is 6.54 Å². The Bertz CT molecular complexity index is 389. The number of alkyl halides is 1. The van der Waals surface area contributed by atoms with Crippen LogP contribution in [0.3, 0.4) is 0 Å². The second-order valence-corrected chi connectivity index (χ2v) is 4.67. The molecule has 0 aliphatic rings. The molecular weight excluding hydrogens is 235 g/mol. The highest BCUT2D eigenvalue weighted by atomic mass is 32.2. The average Bonchev–Trinajstić information content (AvgIpc) is 2.61. The van der Waals surface area contributed by atoms with Crippen molar-refractivity contribution >= 4 is 10.1 Å². The van der Waals surface area contributed by atoms with Gasteiger partial charge >= 0.3 is 0 Å². The number of rotatable bonds is 4. The van der Waals surface area contributed by atoms with Crippen LogP contribution < -0.4 is 4.57 Å². The summed E-state index contributed by atoms with van der Waals surface area (Å²) in [6.07, 6.45) is 8.82. The van der Waals surface area contributed by atoms with E-state index >= 15 is 0 Å². The number of imidazole rings is 1. The summed E-state index contributed by atoms with van der Waals surface area (Å²) in [6, 6.07) is -1.81. The molecule has 7 heteroatoms. The third-order valence-corrected chi connectivity index (χ3v) is 1.99. The zero-order valence-electron chi connectivity index (χ0n) is 9.47. The van der Waals surface area contributed by atoms with Gasteiger partial charge in [-0.1, -0.05) is 13.3 Å². The van der Waals surface area contributed by atoms with E-state index in [1.807, 2.05) is 7.05 Å². The maximum Gasteiger partial charge on any atom is 0.243 e. The van der Waals surface area contributed by atoms with Gasteiger partial charge in [-0.2, -0.15) is 0 Å². The summed E-state index contributed by atoms with van der Waals surface area (Å²) in [5.41, 5.74) is 0. The zero-order valence-corrected chi connectivity index (χ0v) is 10.3. The molecule has 1 heterocycles. The lowest BCUT2D eigenvalue weighted by atomic mass is 10.3. The molecule has 0 fully saturated rings. The number of aromatic nitrogens is 2. The number of hydrogen-bond acceptors (Lipinski definition) is 3. The molecule has 0 saturated heterocycles. The second kappa shape index (κ2) is 7.34. The minimum atomic E-state index is -4.58. The van der Waals surface area contributed by atoms with E-state index < -0.39 is 16.1 Å². The van der Waals surface area contributed by atoms with E-state index in [1.165, 1.54) is 12.8 Å². The van der Waals surface area contributed by atoms with Crippen molar-refractivity contribution in [3.8, 4) is 0 Å². The normalized spacial score (nSPS) is 10.8. The summed E-state index contributed by atoms with van der Waals surface area (Å²) < 4.78 is 42.1. The van der Waals surface area contributed by atoms with Crippen molar-refractivity contribution < 1.29 is 21.9 Å². The van der Waals surface area contributed by atoms with Crippen LogP contribution in [0.1, 0.15) is 19.8 Å². The van der Waals surface area contributed by atoms with Gasteiger partial charge in [-0.15, -0.1) is 0 Å². The molecule has 0 unspecified atom stereocenters. The van der Waals surface area contributed by atoms with Gasteiger partial charge in [0.2, 0.25) is 6.33 Å². The molecule has 0 N–H and O–H groups in total. The lowest BCUT2D eigenvalue weighted by Gasteiger charge is -1.94. The monoisotopic (exact) mass is 252 g/mol. The predicted octanol–water partition coefficient (Wildman–Crippen LogP) is 0.571. The molecule has 0 atom stereocenters. The van der Waals surface area contributed by atoms with Crippen LogP contribution in [-0.2, 0) is 23.7 Å². The van der Waals surface area contributed by atoms with E-state index in [-0.39, 0.29) is 0 Å². The van der Waals surface area contributed by atoms with Crippen molar-refractivity contribution in [2.45, 2.75) is 26.3 Å². The summed E-state index contributed by atoms with van der Waals surface area (Å²) in [7, 11) is -2.53. The van der Waals surface area contributed by atoms with Crippen LogP contribution in [0.15, 0.2) is 18.7 Å². The third-order valence-electron chi connectivity index (χ3n) is 1.73. The number of aryl methyl sites for hydroxylation is 2. The van der Waals surface area contributed by atoms with Gasteiger partial charge < -0.3 is 4.55 Å². The first-order valence-corrected chi connectivity index (χ1v) is 6.47. The van der Waals surface area contributed by atoms with Crippen molar-refractivity contribution in [3.63, 3.8) is 0 Å². The van der Waals surface area contributed by atoms with Crippen LogP contribution >= 0.6 is 0 Å². The highest BCUT2D eigenvalue weighted by molar-refractivity contribution is 7.85. The smallest absolute Gasteiger partial charge is 0.243 e. The van der Waals surface area contributed by atoms with E-state index in [4.69, 9.17) is 13.0 Å². The number of unbranched alkanes of at least 4 members (excludes halogenated alkanes) is 1. The van der Waals surface area contributed by atoms with Gasteiger partial charge in [-0.25, -0.2) is 21.9 Å². The fraction of sp³-hybridized carbons (Fsp3) is 0.667. The Morgan fingerprint density at radius 1 is 1.50 bits per heavy atom. The SMILES string of the molecule is CCCCn1cc[n+](C)c1.O=S(=O)([O-])CF. The van der Waals surface area contributed by atoms with Gasteiger partial charge in [-0.05, 0) is 6.42 Å². The van der Waals surface area contributed by atoms with Gasteiger partial charge in [0.05, 0.1) is 13.6 Å². The standard InChI is InChI=1S/C8H15N2.CH3FO3S/c1-3-4-5-10-7-6-9(2)8-10;2-1-6(3,4)5/h6-8H,3-5H2,1-2H3;1H2,(H,3,4,5)/q+1;/p-1. The Labute approximate surface area is 95.3 Å². The van der Waals surface area contributed by atoms with Crippen LogP contribution in [0.5, 0.6) is 0 Å². The summed E-state index contributed by atoms with van der Waals surface area (Å²) in [6.45, 7) is 3.36. The van der Waals surface area contributed by atoms with Crippen LogP contribution in [0.2, 0.25) is 0 Å². The molecule has 0 spiro atoms. The van der Waals surface area contributed by atoms with Crippen molar-refractivity contribution in [2.75, 3.05) is 6.01 Å². The largest absolute Gasteiger partial charge is 0.746 e. The highest BCUT2D eigenvalue weighted by Crippen LogP contribution is 1.91. The maximum absolute atomic E-state index is 10.6. The zero-order chi connectivity index (χ0) is 12.6. The number of halogens is 1. The minimum absolute atomic E-state index is 1.15. The Hall–Kier alpha value is -0.950. The van der Waals surface area contributed by atoms with Crippen molar-refractivity contribution in [3.05, 3.63) is 18.7 Å². The van der Waals surface area contributed by atoms with Crippen LogP contribution in [-0.4, -0.2) is 23.5 Å². The first-order chi connectivity index (χ1) is 7.39. The van der Waals surface area contributed by atoms with Crippen molar-refractivity contribution in [2.24, 2.45) is 7.05 Å².